The fourth-order valence-corrected chi connectivity index (χ4v) is 5.92. The third kappa shape index (κ3) is 3.68. The van der Waals surface area contributed by atoms with Crippen LogP contribution >= 0.6 is 0 Å². The van der Waals surface area contributed by atoms with Crippen molar-refractivity contribution in [3.05, 3.63) is 167 Å². The molecule has 0 saturated carbocycles. The quantitative estimate of drug-likeness (QED) is 0.239. The molecule has 188 valence electrons. The van der Waals surface area contributed by atoms with Crippen molar-refractivity contribution in [1.29, 1.82) is 0 Å². The first-order chi connectivity index (χ1) is 19.7. The average molecular weight is 513 g/mol. The fraction of sp³-hybridized carbons (Fsp3) is 0.0263. The van der Waals surface area contributed by atoms with Crippen molar-refractivity contribution in [3.8, 4) is 34.1 Å². The topological polar surface area (TPSA) is 37.3 Å². The molecule has 1 aliphatic carbocycles. The molecular formula is C38H24O2. The molecule has 1 atom stereocenters. The summed E-state index contributed by atoms with van der Waals surface area (Å²) >= 11 is 0. The second kappa shape index (κ2) is 9.50. The standard InChI is InChI=1S/C38H24O2/c39-37-31-22-12-13-23-32(31)38(40,25-24-26-14-4-1-5-15-26)36-34(28-18-8-3-9-19-28)30-21-11-10-20-29(30)33(35(36)37)27-16-6-2-7-17-27/h1-23,40H. The zero-order valence-corrected chi connectivity index (χ0v) is 21.6. The summed E-state index contributed by atoms with van der Waals surface area (Å²) in [6.07, 6.45) is 0. The largest absolute Gasteiger partial charge is 0.369 e. The van der Waals surface area contributed by atoms with Gasteiger partial charge in [-0.05, 0) is 39.6 Å². The summed E-state index contributed by atoms with van der Waals surface area (Å²) in [6.45, 7) is 0. The van der Waals surface area contributed by atoms with Gasteiger partial charge in [-0.15, -0.1) is 0 Å². The Kier molecular flexibility index (Phi) is 5.67. The van der Waals surface area contributed by atoms with Crippen molar-refractivity contribution < 1.29 is 9.90 Å². The first-order valence-electron chi connectivity index (χ1n) is 13.3. The minimum Gasteiger partial charge on any atom is -0.369 e. The zero-order chi connectivity index (χ0) is 27.1. The molecule has 7 rings (SSSR count). The molecule has 1 aliphatic rings. The highest BCUT2D eigenvalue weighted by molar-refractivity contribution is 6.23. The van der Waals surface area contributed by atoms with Crippen LogP contribution in [0.5, 0.6) is 0 Å². The summed E-state index contributed by atoms with van der Waals surface area (Å²) < 4.78 is 0. The van der Waals surface area contributed by atoms with Crippen molar-refractivity contribution in [3.63, 3.8) is 0 Å². The van der Waals surface area contributed by atoms with Gasteiger partial charge in [-0.1, -0.05) is 139 Å². The second-order valence-electron chi connectivity index (χ2n) is 9.98. The number of ketones is 1. The summed E-state index contributed by atoms with van der Waals surface area (Å²) in [5, 5.41) is 14.8. The fourth-order valence-electron chi connectivity index (χ4n) is 5.92. The van der Waals surface area contributed by atoms with Gasteiger partial charge in [0.25, 0.3) is 0 Å². The molecule has 0 bridgehead atoms. The van der Waals surface area contributed by atoms with Crippen LogP contribution in [0, 0.1) is 11.8 Å². The molecule has 0 heterocycles. The Bertz CT molecular complexity index is 1960. The van der Waals surface area contributed by atoms with Crippen LogP contribution < -0.4 is 0 Å². The lowest BCUT2D eigenvalue weighted by atomic mass is 9.68. The van der Waals surface area contributed by atoms with E-state index in [1.807, 2.05) is 121 Å². The summed E-state index contributed by atoms with van der Waals surface area (Å²) in [4.78, 5) is 14.5. The predicted molar refractivity (Wildman–Crippen MR) is 161 cm³/mol. The van der Waals surface area contributed by atoms with E-state index in [1.54, 1.807) is 6.07 Å². The molecule has 0 aromatic heterocycles. The smallest absolute Gasteiger partial charge is 0.194 e. The van der Waals surface area contributed by atoms with Gasteiger partial charge in [-0.25, -0.2) is 0 Å². The lowest BCUT2D eigenvalue weighted by molar-refractivity contribution is 0.0982. The molecule has 1 N–H and O–H groups in total. The maximum atomic E-state index is 14.5. The molecule has 1 unspecified atom stereocenters. The molecule has 2 heteroatoms. The van der Waals surface area contributed by atoms with Crippen LogP contribution in [0.25, 0.3) is 33.0 Å². The van der Waals surface area contributed by atoms with Crippen molar-refractivity contribution in [2.75, 3.05) is 0 Å². The van der Waals surface area contributed by atoms with Gasteiger partial charge in [0.1, 0.15) is 0 Å². The molecule has 40 heavy (non-hydrogen) atoms. The Morgan fingerprint density at radius 3 is 1.68 bits per heavy atom. The van der Waals surface area contributed by atoms with Crippen LogP contribution in [0.1, 0.15) is 32.6 Å². The van der Waals surface area contributed by atoms with Gasteiger partial charge in [0.05, 0.1) is 0 Å². The molecule has 2 nitrogen and oxygen atoms in total. The van der Waals surface area contributed by atoms with Gasteiger partial charge in [-0.3, -0.25) is 4.79 Å². The zero-order valence-electron chi connectivity index (χ0n) is 21.6. The SMILES string of the molecule is O=C1c2ccccc2C(O)(C#Cc2ccccc2)c2c1c(-c1ccccc1)c1ccccc1c2-c1ccccc1. The molecule has 0 spiro atoms. The number of carbonyl (C=O) groups excluding carboxylic acids is 1. The molecule has 0 aliphatic heterocycles. The number of aliphatic hydroxyl groups is 1. The van der Waals surface area contributed by atoms with E-state index in [1.165, 1.54) is 0 Å². The normalized spacial score (nSPS) is 15.6. The molecule has 0 saturated heterocycles. The number of hydrogen-bond acceptors (Lipinski definition) is 2. The molecule has 0 radical (unpaired) electrons. The number of rotatable bonds is 2. The van der Waals surface area contributed by atoms with Crippen LogP contribution in [0.3, 0.4) is 0 Å². The third-order valence-corrected chi connectivity index (χ3v) is 7.65. The molecule has 6 aromatic rings. The molecular weight excluding hydrogens is 488 g/mol. The van der Waals surface area contributed by atoms with Gasteiger partial charge in [0, 0.05) is 33.4 Å². The Hall–Kier alpha value is -5.23. The van der Waals surface area contributed by atoms with E-state index in [0.717, 1.165) is 38.6 Å². The molecule has 0 fully saturated rings. The number of fused-ring (bicyclic) bond motifs is 3. The first-order valence-corrected chi connectivity index (χ1v) is 13.3. The summed E-state index contributed by atoms with van der Waals surface area (Å²) in [6, 6.07) is 45.0. The number of carbonyl (C=O) groups is 1. The highest BCUT2D eigenvalue weighted by Gasteiger charge is 2.45. The van der Waals surface area contributed by atoms with E-state index in [9.17, 15) is 9.90 Å². The van der Waals surface area contributed by atoms with Crippen molar-refractivity contribution in [2.45, 2.75) is 5.60 Å². The van der Waals surface area contributed by atoms with E-state index in [4.69, 9.17) is 0 Å². The third-order valence-electron chi connectivity index (χ3n) is 7.65. The number of hydrogen-bond donors (Lipinski definition) is 1. The van der Waals surface area contributed by atoms with Crippen LogP contribution in [0.4, 0.5) is 0 Å². The van der Waals surface area contributed by atoms with Gasteiger partial charge < -0.3 is 5.11 Å². The maximum absolute atomic E-state index is 14.5. The predicted octanol–water partition coefficient (Wildman–Crippen LogP) is 8.01. The van der Waals surface area contributed by atoms with Gasteiger partial charge >= 0.3 is 0 Å². The van der Waals surface area contributed by atoms with E-state index < -0.39 is 5.60 Å². The van der Waals surface area contributed by atoms with Crippen molar-refractivity contribution >= 4 is 16.6 Å². The van der Waals surface area contributed by atoms with Gasteiger partial charge in [0.2, 0.25) is 0 Å². The highest BCUT2D eigenvalue weighted by atomic mass is 16.3. The van der Waals surface area contributed by atoms with Crippen LogP contribution in [-0.2, 0) is 5.60 Å². The van der Waals surface area contributed by atoms with E-state index in [2.05, 4.69) is 24.0 Å². The van der Waals surface area contributed by atoms with Crippen molar-refractivity contribution in [1.82, 2.24) is 0 Å². The Balaban J connectivity index is 1.71. The minimum atomic E-state index is -1.74. The Morgan fingerprint density at radius 1 is 0.525 bits per heavy atom. The van der Waals surface area contributed by atoms with Crippen LogP contribution in [-0.4, -0.2) is 10.9 Å². The van der Waals surface area contributed by atoms with Crippen LogP contribution in [0.2, 0.25) is 0 Å². The minimum absolute atomic E-state index is 0.112. The van der Waals surface area contributed by atoms with E-state index >= 15 is 0 Å². The summed E-state index contributed by atoms with van der Waals surface area (Å²) in [5.41, 5.74) is 4.50. The summed E-state index contributed by atoms with van der Waals surface area (Å²) in [7, 11) is 0. The number of benzene rings is 6. The first kappa shape index (κ1) is 23.9. The Labute approximate surface area is 233 Å². The van der Waals surface area contributed by atoms with Gasteiger partial charge in [0.15, 0.2) is 11.4 Å². The molecule has 6 aromatic carbocycles. The van der Waals surface area contributed by atoms with Crippen molar-refractivity contribution in [2.24, 2.45) is 0 Å². The maximum Gasteiger partial charge on any atom is 0.194 e. The second-order valence-corrected chi connectivity index (χ2v) is 9.98. The lowest BCUT2D eigenvalue weighted by Crippen LogP contribution is -2.36. The monoisotopic (exact) mass is 512 g/mol. The average Bonchev–Trinajstić information content (AvgIpc) is 3.03. The summed E-state index contributed by atoms with van der Waals surface area (Å²) in [5.74, 6) is 6.37. The highest BCUT2D eigenvalue weighted by Crippen LogP contribution is 2.51. The molecule has 0 amide bonds. The van der Waals surface area contributed by atoms with E-state index in [0.29, 0.717) is 22.3 Å². The lowest BCUT2D eigenvalue weighted by Gasteiger charge is -2.36. The van der Waals surface area contributed by atoms with E-state index in [-0.39, 0.29) is 5.78 Å². The van der Waals surface area contributed by atoms with Crippen LogP contribution in [0.15, 0.2) is 140 Å². The Morgan fingerprint density at radius 2 is 1.02 bits per heavy atom. The van der Waals surface area contributed by atoms with Gasteiger partial charge in [-0.2, -0.15) is 0 Å².